The Morgan fingerprint density at radius 2 is 2.10 bits per heavy atom. The van der Waals surface area contributed by atoms with Crippen molar-refractivity contribution >= 4 is 5.69 Å². The summed E-state index contributed by atoms with van der Waals surface area (Å²) in [7, 11) is 0. The zero-order chi connectivity index (χ0) is 14.6. The van der Waals surface area contributed by atoms with Crippen molar-refractivity contribution < 1.29 is 9.26 Å². The first-order chi connectivity index (χ1) is 9.51. The number of nitrogens with zero attached hydrogens (tertiary/aromatic N) is 2. The third-order valence-corrected chi connectivity index (χ3v) is 3.09. The maximum Gasteiger partial charge on any atom is 0.227 e. The van der Waals surface area contributed by atoms with Crippen LogP contribution in [0.15, 0.2) is 28.8 Å². The van der Waals surface area contributed by atoms with Crippen molar-refractivity contribution in [2.75, 3.05) is 12.3 Å². The molecule has 20 heavy (non-hydrogen) atoms. The molecule has 5 nitrogen and oxygen atoms in total. The van der Waals surface area contributed by atoms with Gasteiger partial charge in [0, 0.05) is 18.7 Å². The molecule has 5 heteroatoms. The Balaban J connectivity index is 2.00. The molecular weight excluding hydrogens is 254 g/mol. The van der Waals surface area contributed by atoms with Gasteiger partial charge in [-0.2, -0.15) is 4.98 Å². The topological polar surface area (TPSA) is 74.2 Å². The molecule has 0 aliphatic carbocycles. The molecule has 108 valence electrons. The molecule has 0 spiro atoms. The minimum atomic E-state index is -0.520. The van der Waals surface area contributed by atoms with Crippen LogP contribution in [0.3, 0.4) is 0 Å². The van der Waals surface area contributed by atoms with Gasteiger partial charge in [0.25, 0.3) is 0 Å². The minimum absolute atomic E-state index is 0.520. The van der Waals surface area contributed by atoms with Crippen molar-refractivity contribution in [3.8, 4) is 0 Å². The van der Waals surface area contributed by atoms with Crippen LogP contribution in [0.4, 0.5) is 5.69 Å². The zero-order valence-corrected chi connectivity index (χ0v) is 12.2. The molecule has 0 saturated heterocycles. The number of benzene rings is 1. The first-order valence-corrected chi connectivity index (χ1v) is 6.82. The summed E-state index contributed by atoms with van der Waals surface area (Å²) in [5.41, 5.74) is 7.16. The van der Waals surface area contributed by atoms with Gasteiger partial charge in [0.05, 0.1) is 0 Å². The predicted molar refractivity (Wildman–Crippen MR) is 77.2 cm³/mol. The van der Waals surface area contributed by atoms with E-state index in [0.717, 1.165) is 17.7 Å². The second-order valence-corrected chi connectivity index (χ2v) is 5.20. The summed E-state index contributed by atoms with van der Waals surface area (Å²) >= 11 is 0. The summed E-state index contributed by atoms with van der Waals surface area (Å²) < 4.78 is 10.9. The van der Waals surface area contributed by atoms with Crippen LogP contribution in [-0.4, -0.2) is 16.7 Å². The van der Waals surface area contributed by atoms with Gasteiger partial charge in [-0.15, -0.1) is 0 Å². The molecule has 1 heterocycles. The van der Waals surface area contributed by atoms with Crippen LogP contribution in [0, 0.1) is 0 Å². The van der Waals surface area contributed by atoms with E-state index in [4.69, 9.17) is 15.0 Å². The fraction of sp³-hybridized carbons (Fsp3) is 0.467. The lowest BCUT2D eigenvalue weighted by Crippen LogP contribution is -2.23. The minimum Gasteiger partial charge on any atom is -0.399 e. The normalized spacial score (nSPS) is 11.8. The molecule has 2 aromatic rings. The quantitative estimate of drug-likeness (QED) is 0.820. The molecule has 2 N–H and O–H groups in total. The van der Waals surface area contributed by atoms with E-state index < -0.39 is 5.60 Å². The molecule has 0 radical (unpaired) electrons. The standard InChI is InChI=1S/C15H21N3O2/c1-4-19-15(2,3)14-17-13(20-18-14)9-8-11-6-5-7-12(16)10-11/h5-7,10H,4,8-9,16H2,1-3H3. The third-order valence-electron chi connectivity index (χ3n) is 3.09. The van der Waals surface area contributed by atoms with Crippen molar-refractivity contribution in [1.29, 1.82) is 0 Å². The third kappa shape index (κ3) is 3.57. The van der Waals surface area contributed by atoms with E-state index in [2.05, 4.69) is 10.1 Å². The number of hydrogen-bond acceptors (Lipinski definition) is 5. The maximum atomic E-state index is 5.75. The van der Waals surface area contributed by atoms with Gasteiger partial charge in [0.1, 0.15) is 5.60 Å². The van der Waals surface area contributed by atoms with Gasteiger partial charge >= 0.3 is 0 Å². The average molecular weight is 275 g/mol. The Bertz CT molecular complexity index is 564. The van der Waals surface area contributed by atoms with Gasteiger partial charge in [-0.3, -0.25) is 0 Å². The van der Waals surface area contributed by atoms with E-state index in [1.54, 1.807) is 0 Å². The van der Waals surface area contributed by atoms with E-state index in [0.29, 0.717) is 24.7 Å². The van der Waals surface area contributed by atoms with Crippen LogP contribution in [0.25, 0.3) is 0 Å². The summed E-state index contributed by atoms with van der Waals surface area (Å²) in [4.78, 5) is 4.40. The number of aromatic nitrogens is 2. The van der Waals surface area contributed by atoms with Gasteiger partial charge in [-0.25, -0.2) is 0 Å². The van der Waals surface area contributed by atoms with E-state index >= 15 is 0 Å². The monoisotopic (exact) mass is 275 g/mol. The van der Waals surface area contributed by atoms with Crippen LogP contribution < -0.4 is 5.73 Å². The van der Waals surface area contributed by atoms with Crippen LogP contribution in [-0.2, 0) is 23.2 Å². The Hall–Kier alpha value is -1.88. The van der Waals surface area contributed by atoms with Crippen LogP contribution >= 0.6 is 0 Å². The van der Waals surface area contributed by atoms with Gasteiger partial charge in [-0.1, -0.05) is 17.3 Å². The number of anilines is 1. The Morgan fingerprint density at radius 3 is 2.80 bits per heavy atom. The molecule has 0 aliphatic rings. The fourth-order valence-electron chi connectivity index (χ4n) is 2.03. The maximum absolute atomic E-state index is 5.75. The first kappa shape index (κ1) is 14.5. The summed E-state index contributed by atoms with van der Waals surface area (Å²) in [6, 6.07) is 7.82. The van der Waals surface area contributed by atoms with E-state index in [1.165, 1.54) is 0 Å². The van der Waals surface area contributed by atoms with Crippen molar-refractivity contribution in [2.24, 2.45) is 0 Å². The van der Waals surface area contributed by atoms with E-state index in [1.807, 2.05) is 45.0 Å². The number of hydrogen-bond donors (Lipinski definition) is 1. The molecule has 0 unspecified atom stereocenters. The molecule has 0 saturated carbocycles. The largest absolute Gasteiger partial charge is 0.399 e. The Morgan fingerprint density at radius 1 is 1.30 bits per heavy atom. The van der Waals surface area contributed by atoms with Gasteiger partial charge in [0.2, 0.25) is 11.7 Å². The number of nitrogens with two attached hydrogens (primary N) is 1. The lowest BCUT2D eigenvalue weighted by atomic mass is 10.1. The molecule has 1 aromatic carbocycles. The average Bonchev–Trinajstić information content (AvgIpc) is 2.86. The number of aryl methyl sites for hydroxylation is 2. The fourth-order valence-corrected chi connectivity index (χ4v) is 2.03. The molecule has 0 bridgehead atoms. The highest BCUT2D eigenvalue weighted by molar-refractivity contribution is 5.40. The lowest BCUT2D eigenvalue weighted by molar-refractivity contribution is -0.0221. The van der Waals surface area contributed by atoms with Gasteiger partial charge in [-0.05, 0) is 44.9 Å². The lowest BCUT2D eigenvalue weighted by Gasteiger charge is -2.19. The van der Waals surface area contributed by atoms with Crippen molar-refractivity contribution in [3.63, 3.8) is 0 Å². The molecule has 1 aromatic heterocycles. The molecule has 0 fully saturated rings. The van der Waals surface area contributed by atoms with Crippen LogP contribution in [0.1, 0.15) is 38.0 Å². The summed E-state index contributed by atoms with van der Waals surface area (Å²) in [6.07, 6.45) is 1.51. The van der Waals surface area contributed by atoms with Crippen molar-refractivity contribution in [3.05, 3.63) is 41.5 Å². The smallest absolute Gasteiger partial charge is 0.227 e. The van der Waals surface area contributed by atoms with Crippen molar-refractivity contribution in [1.82, 2.24) is 10.1 Å². The number of nitrogen functional groups attached to an aromatic ring is 1. The van der Waals surface area contributed by atoms with E-state index in [-0.39, 0.29) is 0 Å². The molecule has 0 aliphatic heterocycles. The molecular formula is C15H21N3O2. The summed E-state index contributed by atoms with van der Waals surface area (Å²) in [5, 5.41) is 4.00. The highest BCUT2D eigenvalue weighted by Gasteiger charge is 2.26. The second kappa shape index (κ2) is 6.05. The van der Waals surface area contributed by atoms with Gasteiger partial charge < -0.3 is 15.0 Å². The zero-order valence-electron chi connectivity index (χ0n) is 12.2. The summed E-state index contributed by atoms with van der Waals surface area (Å²) in [5.74, 6) is 1.21. The molecule has 0 atom stereocenters. The number of ether oxygens (including phenoxy) is 1. The highest BCUT2D eigenvalue weighted by Crippen LogP contribution is 2.21. The predicted octanol–water partition coefficient (Wildman–Crippen LogP) is 2.71. The number of rotatable bonds is 6. The molecule has 0 amide bonds. The Kier molecular flexibility index (Phi) is 4.39. The van der Waals surface area contributed by atoms with Crippen LogP contribution in [0.2, 0.25) is 0 Å². The second-order valence-electron chi connectivity index (χ2n) is 5.20. The van der Waals surface area contributed by atoms with Crippen molar-refractivity contribution in [2.45, 2.75) is 39.2 Å². The van der Waals surface area contributed by atoms with Gasteiger partial charge in [0.15, 0.2) is 0 Å². The Labute approximate surface area is 119 Å². The summed E-state index contributed by atoms with van der Waals surface area (Å²) in [6.45, 7) is 6.43. The molecule has 2 rings (SSSR count). The van der Waals surface area contributed by atoms with E-state index in [9.17, 15) is 0 Å². The first-order valence-electron chi connectivity index (χ1n) is 6.82. The highest BCUT2D eigenvalue weighted by atomic mass is 16.5. The SMILES string of the molecule is CCOC(C)(C)c1noc(CCc2cccc(N)c2)n1. The van der Waals surface area contributed by atoms with Crippen LogP contribution in [0.5, 0.6) is 0 Å².